The van der Waals surface area contributed by atoms with Crippen molar-refractivity contribution in [2.45, 2.75) is 6.92 Å². The fourth-order valence-corrected chi connectivity index (χ4v) is 1.22. The van der Waals surface area contributed by atoms with Crippen LogP contribution in [0.1, 0.15) is 5.56 Å². The Kier molecular flexibility index (Phi) is 2.17. The van der Waals surface area contributed by atoms with Crippen molar-refractivity contribution in [2.75, 3.05) is 0 Å². The second kappa shape index (κ2) is 2.92. The number of hydrogen-bond donors (Lipinski definition) is 1. The second-order valence-corrected chi connectivity index (χ2v) is 2.96. The van der Waals surface area contributed by atoms with E-state index >= 15 is 0 Å². The van der Waals surface area contributed by atoms with Gasteiger partial charge in [-0.25, -0.2) is 5.53 Å². The van der Waals surface area contributed by atoms with Gasteiger partial charge in [0.15, 0.2) is 0 Å². The number of hydrogen-bond acceptors (Lipinski definition) is 2. The Balaban J connectivity index is 3.19. The highest BCUT2D eigenvalue weighted by atomic mass is 79.9. The summed E-state index contributed by atoms with van der Waals surface area (Å²) >= 11 is 3.32. The first-order chi connectivity index (χ1) is 4.74. The van der Waals surface area contributed by atoms with Gasteiger partial charge in [-0.1, -0.05) is 15.9 Å². The Labute approximate surface area is 67.9 Å². The molecule has 0 aromatic heterocycles. The number of nitrogens with zero attached hydrogens (tertiary/aromatic N) is 1. The van der Waals surface area contributed by atoms with Crippen LogP contribution in [0.4, 0.5) is 5.69 Å². The highest BCUT2D eigenvalue weighted by molar-refractivity contribution is 9.10. The van der Waals surface area contributed by atoms with Crippen LogP contribution in [0, 0.1) is 12.5 Å². The summed E-state index contributed by atoms with van der Waals surface area (Å²) in [5, 5.41) is 3.34. The third-order valence-electron chi connectivity index (χ3n) is 1.28. The summed E-state index contributed by atoms with van der Waals surface area (Å²) in [4.78, 5) is 0. The van der Waals surface area contributed by atoms with Gasteiger partial charge in [0, 0.05) is 4.47 Å². The summed E-state index contributed by atoms with van der Waals surface area (Å²) in [6, 6.07) is 5.63. The van der Waals surface area contributed by atoms with Gasteiger partial charge >= 0.3 is 0 Å². The summed E-state index contributed by atoms with van der Waals surface area (Å²) < 4.78 is 1.03. The quantitative estimate of drug-likeness (QED) is 0.672. The van der Waals surface area contributed by atoms with E-state index in [2.05, 4.69) is 21.0 Å². The fourth-order valence-electron chi connectivity index (χ4n) is 0.744. The van der Waals surface area contributed by atoms with Crippen molar-refractivity contribution in [3.05, 3.63) is 28.2 Å². The first-order valence-electron chi connectivity index (χ1n) is 2.87. The smallest absolute Gasteiger partial charge is 0.0879 e. The maximum absolute atomic E-state index is 6.76. The molecule has 10 heavy (non-hydrogen) atoms. The van der Waals surface area contributed by atoms with Crippen LogP contribution in [0.5, 0.6) is 0 Å². The molecule has 52 valence electrons. The molecule has 1 rings (SSSR count). The summed E-state index contributed by atoms with van der Waals surface area (Å²) in [6.45, 7) is 1.93. The number of aryl methyl sites for hydroxylation is 1. The van der Waals surface area contributed by atoms with Crippen LogP contribution in [0.15, 0.2) is 27.8 Å². The largest absolute Gasteiger partial charge is 0.204 e. The highest BCUT2D eigenvalue weighted by Gasteiger charge is 1.94. The van der Waals surface area contributed by atoms with Gasteiger partial charge in [-0.3, -0.25) is 0 Å². The molecule has 0 heterocycles. The zero-order chi connectivity index (χ0) is 7.56. The predicted molar refractivity (Wildman–Crippen MR) is 43.7 cm³/mol. The molecule has 0 fully saturated rings. The lowest BCUT2D eigenvalue weighted by atomic mass is 10.2. The van der Waals surface area contributed by atoms with Crippen LogP contribution in [0.2, 0.25) is 0 Å². The minimum atomic E-state index is 0.725. The fraction of sp³-hybridized carbons (Fsp3) is 0.143. The average Bonchev–Trinajstić information content (AvgIpc) is 1.88. The summed E-state index contributed by atoms with van der Waals surface area (Å²) in [5.41, 5.74) is 8.51. The third kappa shape index (κ3) is 1.42. The van der Waals surface area contributed by atoms with Crippen LogP contribution in [0.25, 0.3) is 0 Å². The Morgan fingerprint density at radius 1 is 1.50 bits per heavy atom. The number of rotatable bonds is 1. The molecular weight excluding hydrogens is 192 g/mol. The topological polar surface area (TPSA) is 36.2 Å². The van der Waals surface area contributed by atoms with E-state index in [1.807, 2.05) is 25.1 Å². The molecule has 1 aromatic carbocycles. The maximum Gasteiger partial charge on any atom is 0.0879 e. The molecule has 1 aromatic rings. The van der Waals surface area contributed by atoms with Crippen LogP contribution < -0.4 is 0 Å². The normalized spacial score (nSPS) is 9.40. The molecule has 0 bridgehead atoms. The molecule has 3 heteroatoms. The average molecular weight is 199 g/mol. The molecule has 0 atom stereocenters. The van der Waals surface area contributed by atoms with Crippen molar-refractivity contribution in [1.82, 2.24) is 0 Å². The lowest BCUT2D eigenvalue weighted by Crippen LogP contribution is -1.72. The van der Waals surface area contributed by atoms with E-state index in [1.54, 1.807) is 0 Å². The molecule has 0 saturated carbocycles. The van der Waals surface area contributed by atoms with E-state index < -0.39 is 0 Å². The summed E-state index contributed by atoms with van der Waals surface area (Å²) in [5.74, 6) is 0. The standard InChI is InChI=1S/C7H7BrN2/c1-5-4-6(8)2-3-7(5)10-9/h2-4,9H,1H3. The first kappa shape index (κ1) is 7.41. The van der Waals surface area contributed by atoms with Crippen molar-refractivity contribution < 1.29 is 0 Å². The van der Waals surface area contributed by atoms with Gasteiger partial charge < -0.3 is 0 Å². The monoisotopic (exact) mass is 198 g/mol. The van der Waals surface area contributed by atoms with Crippen molar-refractivity contribution in [3.63, 3.8) is 0 Å². The molecule has 0 spiro atoms. The molecule has 0 radical (unpaired) electrons. The SMILES string of the molecule is Cc1cc(Br)ccc1N=N. The van der Waals surface area contributed by atoms with Crippen molar-refractivity contribution in [1.29, 1.82) is 5.53 Å². The zero-order valence-electron chi connectivity index (χ0n) is 5.56. The minimum Gasteiger partial charge on any atom is -0.204 e. The summed E-state index contributed by atoms with van der Waals surface area (Å²) in [7, 11) is 0. The van der Waals surface area contributed by atoms with Crippen LogP contribution >= 0.6 is 15.9 Å². The van der Waals surface area contributed by atoms with Gasteiger partial charge in [-0.05, 0) is 30.7 Å². The minimum absolute atomic E-state index is 0.725. The molecule has 0 unspecified atom stereocenters. The van der Waals surface area contributed by atoms with E-state index in [9.17, 15) is 0 Å². The van der Waals surface area contributed by atoms with E-state index in [-0.39, 0.29) is 0 Å². The molecule has 0 aliphatic carbocycles. The zero-order valence-corrected chi connectivity index (χ0v) is 7.14. The summed E-state index contributed by atoms with van der Waals surface area (Å²) in [6.07, 6.45) is 0. The third-order valence-corrected chi connectivity index (χ3v) is 1.77. The van der Waals surface area contributed by atoms with Gasteiger partial charge in [0.2, 0.25) is 0 Å². The lowest BCUT2D eigenvalue weighted by molar-refractivity contribution is 1.13. The molecule has 0 saturated heterocycles. The molecule has 0 aliphatic rings. The predicted octanol–water partition coefficient (Wildman–Crippen LogP) is 3.42. The number of nitrogens with one attached hydrogen (secondary N) is 1. The molecule has 0 amide bonds. The number of benzene rings is 1. The van der Waals surface area contributed by atoms with Gasteiger partial charge in [0.25, 0.3) is 0 Å². The number of halogens is 1. The molecule has 2 nitrogen and oxygen atoms in total. The van der Waals surface area contributed by atoms with Crippen LogP contribution in [-0.4, -0.2) is 0 Å². The van der Waals surface area contributed by atoms with Crippen LogP contribution in [0.3, 0.4) is 0 Å². The molecular formula is C7H7BrN2. The Morgan fingerprint density at radius 2 is 2.20 bits per heavy atom. The Hall–Kier alpha value is -0.700. The van der Waals surface area contributed by atoms with Gasteiger partial charge in [0.05, 0.1) is 5.69 Å². The van der Waals surface area contributed by atoms with E-state index in [1.165, 1.54) is 0 Å². The van der Waals surface area contributed by atoms with Gasteiger partial charge in [-0.15, -0.1) is 0 Å². The van der Waals surface area contributed by atoms with Crippen molar-refractivity contribution in [2.24, 2.45) is 5.11 Å². The van der Waals surface area contributed by atoms with E-state index in [0.29, 0.717) is 0 Å². The van der Waals surface area contributed by atoms with E-state index in [4.69, 9.17) is 5.53 Å². The van der Waals surface area contributed by atoms with E-state index in [0.717, 1.165) is 15.7 Å². The Morgan fingerprint density at radius 3 is 2.70 bits per heavy atom. The maximum atomic E-state index is 6.76. The lowest BCUT2D eigenvalue weighted by Gasteiger charge is -1.96. The highest BCUT2D eigenvalue weighted by Crippen LogP contribution is 2.21. The second-order valence-electron chi connectivity index (χ2n) is 2.04. The van der Waals surface area contributed by atoms with Gasteiger partial charge in [0.1, 0.15) is 0 Å². The molecule has 0 aliphatic heterocycles. The van der Waals surface area contributed by atoms with Crippen molar-refractivity contribution >= 4 is 21.6 Å². The van der Waals surface area contributed by atoms with Crippen molar-refractivity contribution in [3.8, 4) is 0 Å². The Bertz CT molecular complexity index is 258. The van der Waals surface area contributed by atoms with Gasteiger partial charge in [-0.2, -0.15) is 5.11 Å². The first-order valence-corrected chi connectivity index (χ1v) is 3.67. The van der Waals surface area contributed by atoms with Crippen LogP contribution in [-0.2, 0) is 0 Å². The molecule has 1 N–H and O–H groups in total.